The fourth-order valence-corrected chi connectivity index (χ4v) is 1.71. The van der Waals surface area contributed by atoms with Crippen LogP contribution in [0.2, 0.25) is 0 Å². The van der Waals surface area contributed by atoms with Gasteiger partial charge in [-0.15, -0.1) is 0 Å². The predicted molar refractivity (Wildman–Crippen MR) is 56.6 cm³/mol. The van der Waals surface area contributed by atoms with E-state index in [2.05, 4.69) is 26.1 Å². The third kappa shape index (κ3) is 1.65. The standard InChI is InChI=1S/C8H10BrN5/c1-13-7(6(9)4-11-13)5-14-3-2-8(10)12-14/h2-4H,5H2,1H3,(H2,10,12). The summed E-state index contributed by atoms with van der Waals surface area (Å²) < 4.78 is 4.56. The second-order valence-electron chi connectivity index (χ2n) is 3.00. The molecule has 5 nitrogen and oxygen atoms in total. The number of hydrogen-bond donors (Lipinski definition) is 1. The third-order valence-electron chi connectivity index (χ3n) is 1.98. The Kier molecular flexibility index (Phi) is 2.28. The SMILES string of the molecule is Cn1ncc(Br)c1Cn1ccc(N)n1. The molecule has 74 valence electrons. The number of nitrogens with zero attached hydrogens (tertiary/aromatic N) is 4. The Hall–Kier alpha value is -1.30. The Morgan fingerprint density at radius 1 is 1.57 bits per heavy atom. The number of aryl methyl sites for hydroxylation is 1. The normalized spacial score (nSPS) is 10.7. The summed E-state index contributed by atoms with van der Waals surface area (Å²) in [6.45, 7) is 0.661. The predicted octanol–water partition coefficient (Wildman–Crippen LogP) is 1.01. The molecule has 2 rings (SSSR count). The van der Waals surface area contributed by atoms with Gasteiger partial charge in [-0.25, -0.2) is 0 Å². The molecular formula is C8H10BrN5. The highest BCUT2D eigenvalue weighted by atomic mass is 79.9. The molecule has 0 unspecified atom stereocenters. The van der Waals surface area contributed by atoms with Gasteiger partial charge < -0.3 is 5.73 Å². The van der Waals surface area contributed by atoms with E-state index in [9.17, 15) is 0 Å². The van der Waals surface area contributed by atoms with Gasteiger partial charge in [-0.05, 0) is 22.0 Å². The van der Waals surface area contributed by atoms with Crippen molar-refractivity contribution in [2.24, 2.45) is 7.05 Å². The van der Waals surface area contributed by atoms with Gasteiger partial charge in [0.15, 0.2) is 0 Å². The molecule has 0 saturated carbocycles. The topological polar surface area (TPSA) is 61.7 Å². The number of aromatic nitrogens is 4. The monoisotopic (exact) mass is 255 g/mol. The van der Waals surface area contributed by atoms with Crippen LogP contribution in [0.5, 0.6) is 0 Å². The molecule has 0 bridgehead atoms. The van der Waals surface area contributed by atoms with Crippen LogP contribution in [0.1, 0.15) is 5.69 Å². The zero-order valence-electron chi connectivity index (χ0n) is 7.68. The molecule has 0 radical (unpaired) electrons. The average molecular weight is 256 g/mol. The number of anilines is 1. The van der Waals surface area contributed by atoms with Gasteiger partial charge in [0.1, 0.15) is 5.82 Å². The van der Waals surface area contributed by atoms with Gasteiger partial charge in [-0.1, -0.05) is 0 Å². The first-order chi connectivity index (χ1) is 6.66. The van der Waals surface area contributed by atoms with Crippen molar-refractivity contribution in [1.82, 2.24) is 19.6 Å². The molecule has 0 saturated heterocycles. The first kappa shape index (κ1) is 9.26. The molecule has 14 heavy (non-hydrogen) atoms. The second kappa shape index (κ2) is 3.45. The van der Waals surface area contributed by atoms with Crippen molar-refractivity contribution in [3.8, 4) is 0 Å². The van der Waals surface area contributed by atoms with Gasteiger partial charge in [0.25, 0.3) is 0 Å². The Bertz CT molecular complexity index is 425. The van der Waals surface area contributed by atoms with E-state index in [1.807, 2.05) is 17.9 Å². The van der Waals surface area contributed by atoms with Crippen LogP contribution in [-0.4, -0.2) is 19.6 Å². The van der Waals surface area contributed by atoms with Gasteiger partial charge in [0.2, 0.25) is 0 Å². The van der Waals surface area contributed by atoms with E-state index in [0.29, 0.717) is 12.4 Å². The maximum atomic E-state index is 5.52. The quantitative estimate of drug-likeness (QED) is 0.872. The van der Waals surface area contributed by atoms with Gasteiger partial charge in [0, 0.05) is 13.2 Å². The molecule has 2 aromatic rings. The lowest BCUT2D eigenvalue weighted by Crippen LogP contribution is -2.06. The van der Waals surface area contributed by atoms with E-state index in [1.54, 1.807) is 16.9 Å². The lowest BCUT2D eigenvalue weighted by molar-refractivity contribution is 0.620. The molecule has 0 aliphatic heterocycles. The lowest BCUT2D eigenvalue weighted by Gasteiger charge is -2.02. The highest BCUT2D eigenvalue weighted by Crippen LogP contribution is 2.16. The number of nitrogens with two attached hydrogens (primary N) is 1. The first-order valence-corrected chi connectivity index (χ1v) is 4.91. The van der Waals surface area contributed by atoms with E-state index >= 15 is 0 Å². The van der Waals surface area contributed by atoms with Crippen molar-refractivity contribution in [2.45, 2.75) is 6.54 Å². The van der Waals surface area contributed by atoms with Crippen LogP contribution in [0.25, 0.3) is 0 Å². The molecule has 0 atom stereocenters. The minimum absolute atomic E-state index is 0.531. The third-order valence-corrected chi connectivity index (χ3v) is 2.65. The molecule has 2 aromatic heterocycles. The van der Waals surface area contributed by atoms with Crippen molar-refractivity contribution in [2.75, 3.05) is 5.73 Å². The maximum Gasteiger partial charge on any atom is 0.145 e. The van der Waals surface area contributed by atoms with E-state index < -0.39 is 0 Å². The zero-order chi connectivity index (χ0) is 10.1. The van der Waals surface area contributed by atoms with Gasteiger partial charge in [-0.3, -0.25) is 9.36 Å². The Morgan fingerprint density at radius 3 is 2.86 bits per heavy atom. The summed E-state index contributed by atoms with van der Waals surface area (Å²) in [7, 11) is 1.90. The summed E-state index contributed by atoms with van der Waals surface area (Å²) in [6.07, 6.45) is 3.61. The molecule has 0 spiro atoms. The van der Waals surface area contributed by atoms with Crippen molar-refractivity contribution >= 4 is 21.7 Å². The summed E-state index contributed by atoms with van der Waals surface area (Å²) in [4.78, 5) is 0. The lowest BCUT2D eigenvalue weighted by atomic mass is 10.4. The Balaban J connectivity index is 2.26. The minimum atomic E-state index is 0.531. The van der Waals surface area contributed by atoms with E-state index in [4.69, 9.17) is 5.73 Å². The molecule has 0 aromatic carbocycles. The largest absolute Gasteiger partial charge is 0.382 e. The molecule has 0 amide bonds. The average Bonchev–Trinajstić information content (AvgIpc) is 2.67. The van der Waals surface area contributed by atoms with E-state index in [1.165, 1.54) is 0 Å². The summed E-state index contributed by atoms with van der Waals surface area (Å²) >= 11 is 3.43. The zero-order valence-corrected chi connectivity index (χ0v) is 9.27. The molecule has 0 aliphatic carbocycles. The fourth-order valence-electron chi connectivity index (χ4n) is 1.23. The smallest absolute Gasteiger partial charge is 0.145 e. The van der Waals surface area contributed by atoms with Crippen LogP contribution >= 0.6 is 15.9 Å². The highest BCUT2D eigenvalue weighted by Gasteiger charge is 2.06. The summed E-state index contributed by atoms with van der Waals surface area (Å²) in [5.74, 6) is 0.531. The fraction of sp³-hybridized carbons (Fsp3) is 0.250. The second-order valence-corrected chi connectivity index (χ2v) is 3.86. The van der Waals surface area contributed by atoms with Crippen LogP contribution < -0.4 is 5.73 Å². The van der Waals surface area contributed by atoms with Crippen LogP contribution in [0.3, 0.4) is 0 Å². The molecule has 2 heterocycles. The van der Waals surface area contributed by atoms with Crippen molar-refractivity contribution in [3.05, 3.63) is 28.6 Å². The molecule has 2 N–H and O–H groups in total. The van der Waals surface area contributed by atoms with Crippen molar-refractivity contribution < 1.29 is 0 Å². The van der Waals surface area contributed by atoms with Gasteiger partial charge in [-0.2, -0.15) is 10.2 Å². The highest BCUT2D eigenvalue weighted by molar-refractivity contribution is 9.10. The number of nitrogen functional groups attached to an aromatic ring is 1. The molecule has 0 fully saturated rings. The van der Waals surface area contributed by atoms with Gasteiger partial charge in [0.05, 0.1) is 22.9 Å². The van der Waals surface area contributed by atoms with Crippen LogP contribution in [0.15, 0.2) is 22.9 Å². The molecular weight excluding hydrogens is 246 g/mol. The maximum absolute atomic E-state index is 5.52. The number of rotatable bonds is 2. The Labute approximate surface area is 89.6 Å². The summed E-state index contributed by atoms with van der Waals surface area (Å²) in [5, 5.41) is 8.22. The van der Waals surface area contributed by atoms with Crippen LogP contribution in [0, 0.1) is 0 Å². The molecule has 0 aliphatic rings. The minimum Gasteiger partial charge on any atom is -0.382 e. The number of halogens is 1. The first-order valence-electron chi connectivity index (χ1n) is 4.12. The van der Waals surface area contributed by atoms with E-state index in [0.717, 1.165) is 10.2 Å². The van der Waals surface area contributed by atoms with Crippen LogP contribution in [0.4, 0.5) is 5.82 Å². The summed E-state index contributed by atoms with van der Waals surface area (Å²) in [5.41, 5.74) is 6.58. The van der Waals surface area contributed by atoms with Crippen molar-refractivity contribution in [1.29, 1.82) is 0 Å². The van der Waals surface area contributed by atoms with Crippen LogP contribution in [-0.2, 0) is 13.6 Å². The summed E-state index contributed by atoms with van der Waals surface area (Å²) in [6, 6.07) is 1.77. The van der Waals surface area contributed by atoms with Crippen molar-refractivity contribution in [3.63, 3.8) is 0 Å². The Morgan fingerprint density at radius 2 is 2.36 bits per heavy atom. The molecule has 6 heteroatoms. The van der Waals surface area contributed by atoms with E-state index in [-0.39, 0.29) is 0 Å². The van der Waals surface area contributed by atoms with Gasteiger partial charge >= 0.3 is 0 Å². The number of hydrogen-bond acceptors (Lipinski definition) is 3.